The van der Waals surface area contributed by atoms with Crippen molar-refractivity contribution < 1.29 is 17.9 Å². The SMILES string of the molecule is COc1ccc(NS(=O)(=O)c2cc(C(=O)N3CCC3)ccc2C)cc1. The van der Waals surface area contributed by atoms with Gasteiger partial charge in [-0.05, 0) is 55.3 Å². The van der Waals surface area contributed by atoms with Crippen molar-refractivity contribution in [3.05, 3.63) is 53.6 Å². The largest absolute Gasteiger partial charge is 0.497 e. The van der Waals surface area contributed by atoms with Crippen LogP contribution in [-0.2, 0) is 10.0 Å². The van der Waals surface area contributed by atoms with Crippen LogP contribution in [0.1, 0.15) is 22.3 Å². The number of carbonyl (C=O) groups excluding carboxylic acids is 1. The molecule has 1 saturated heterocycles. The summed E-state index contributed by atoms with van der Waals surface area (Å²) in [6.07, 6.45) is 0.988. The van der Waals surface area contributed by atoms with Crippen molar-refractivity contribution in [3.63, 3.8) is 0 Å². The average Bonchev–Trinajstić information content (AvgIpc) is 2.53. The zero-order valence-electron chi connectivity index (χ0n) is 14.2. The molecule has 2 aromatic carbocycles. The molecule has 0 unspecified atom stereocenters. The number of carbonyl (C=O) groups is 1. The van der Waals surface area contributed by atoms with Crippen LogP contribution in [0.25, 0.3) is 0 Å². The molecule has 1 aliphatic heterocycles. The van der Waals surface area contributed by atoms with Crippen molar-refractivity contribution in [1.82, 2.24) is 4.90 Å². The van der Waals surface area contributed by atoms with E-state index in [0.29, 0.717) is 22.6 Å². The van der Waals surface area contributed by atoms with E-state index in [1.165, 1.54) is 6.07 Å². The summed E-state index contributed by atoms with van der Waals surface area (Å²) < 4.78 is 33.1. The Bertz CT molecular complexity index is 888. The number of sulfonamides is 1. The Morgan fingerprint density at radius 3 is 2.36 bits per heavy atom. The van der Waals surface area contributed by atoms with Crippen LogP contribution in [-0.4, -0.2) is 39.4 Å². The molecule has 0 atom stereocenters. The van der Waals surface area contributed by atoms with Crippen LogP contribution in [0.3, 0.4) is 0 Å². The smallest absolute Gasteiger partial charge is 0.262 e. The number of methoxy groups -OCH3 is 1. The summed E-state index contributed by atoms with van der Waals surface area (Å²) in [5, 5.41) is 0. The summed E-state index contributed by atoms with van der Waals surface area (Å²) >= 11 is 0. The highest BCUT2D eigenvalue weighted by Crippen LogP contribution is 2.23. The number of anilines is 1. The molecule has 6 nitrogen and oxygen atoms in total. The van der Waals surface area contributed by atoms with Gasteiger partial charge in [0, 0.05) is 24.3 Å². The Balaban J connectivity index is 1.88. The van der Waals surface area contributed by atoms with Crippen molar-refractivity contribution in [2.75, 3.05) is 24.9 Å². The van der Waals surface area contributed by atoms with E-state index >= 15 is 0 Å². The summed E-state index contributed by atoms with van der Waals surface area (Å²) in [5.74, 6) is 0.508. The van der Waals surface area contributed by atoms with Gasteiger partial charge in [-0.15, -0.1) is 0 Å². The third kappa shape index (κ3) is 3.61. The van der Waals surface area contributed by atoms with Gasteiger partial charge < -0.3 is 9.64 Å². The first-order valence-corrected chi connectivity index (χ1v) is 9.46. The highest BCUT2D eigenvalue weighted by molar-refractivity contribution is 7.92. The zero-order chi connectivity index (χ0) is 18.0. The van der Waals surface area contributed by atoms with Gasteiger partial charge in [0.25, 0.3) is 15.9 Å². The van der Waals surface area contributed by atoms with Crippen molar-refractivity contribution in [2.45, 2.75) is 18.2 Å². The standard InChI is InChI=1S/C18H20N2O4S/c1-13-4-5-14(18(21)20-10-3-11-20)12-17(13)25(22,23)19-15-6-8-16(24-2)9-7-15/h4-9,12,19H,3,10-11H2,1-2H3. The van der Waals surface area contributed by atoms with Gasteiger partial charge in [-0.2, -0.15) is 0 Å². The first-order chi connectivity index (χ1) is 11.9. The fourth-order valence-electron chi connectivity index (χ4n) is 2.59. The van der Waals surface area contributed by atoms with Crippen molar-refractivity contribution in [2.24, 2.45) is 0 Å². The highest BCUT2D eigenvalue weighted by Gasteiger charge is 2.24. The Morgan fingerprint density at radius 2 is 1.80 bits per heavy atom. The molecule has 1 heterocycles. The molecule has 25 heavy (non-hydrogen) atoms. The Labute approximate surface area is 147 Å². The zero-order valence-corrected chi connectivity index (χ0v) is 15.0. The summed E-state index contributed by atoms with van der Waals surface area (Å²) in [4.78, 5) is 14.2. The van der Waals surface area contributed by atoms with Crippen LogP contribution in [0, 0.1) is 6.92 Å². The fraction of sp³-hybridized carbons (Fsp3) is 0.278. The van der Waals surface area contributed by atoms with Crippen LogP contribution in [0.5, 0.6) is 5.75 Å². The van der Waals surface area contributed by atoms with Gasteiger partial charge >= 0.3 is 0 Å². The van der Waals surface area contributed by atoms with E-state index in [9.17, 15) is 13.2 Å². The predicted molar refractivity (Wildman–Crippen MR) is 95.5 cm³/mol. The third-order valence-corrected chi connectivity index (χ3v) is 5.73. The van der Waals surface area contributed by atoms with Crippen molar-refractivity contribution >= 4 is 21.6 Å². The molecule has 1 amide bonds. The van der Waals surface area contributed by atoms with Crippen LogP contribution < -0.4 is 9.46 Å². The summed E-state index contributed by atoms with van der Waals surface area (Å²) in [5.41, 5.74) is 1.40. The first-order valence-electron chi connectivity index (χ1n) is 7.97. The maximum Gasteiger partial charge on any atom is 0.262 e. The number of amides is 1. The number of rotatable bonds is 5. The molecule has 3 rings (SSSR count). The second kappa shape index (κ2) is 6.76. The minimum atomic E-state index is -3.80. The molecule has 1 N–H and O–H groups in total. The number of benzene rings is 2. The monoisotopic (exact) mass is 360 g/mol. The lowest BCUT2D eigenvalue weighted by molar-refractivity contribution is 0.0651. The number of nitrogens with one attached hydrogen (secondary N) is 1. The van der Waals surface area contributed by atoms with E-state index in [0.717, 1.165) is 19.5 Å². The Kier molecular flexibility index (Phi) is 4.67. The molecule has 0 saturated carbocycles. The second-order valence-electron chi connectivity index (χ2n) is 5.96. The number of hydrogen-bond acceptors (Lipinski definition) is 4. The lowest BCUT2D eigenvalue weighted by atomic mass is 10.1. The maximum atomic E-state index is 12.7. The molecule has 7 heteroatoms. The maximum absolute atomic E-state index is 12.7. The molecule has 0 aliphatic carbocycles. The Hall–Kier alpha value is -2.54. The van der Waals surface area contributed by atoms with Gasteiger partial charge in [-0.1, -0.05) is 6.07 Å². The lowest BCUT2D eigenvalue weighted by Gasteiger charge is -2.31. The Morgan fingerprint density at radius 1 is 1.12 bits per heavy atom. The number of aryl methyl sites for hydroxylation is 1. The number of nitrogens with zero attached hydrogens (tertiary/aromatic N) is 1. The minimum Gasteiger partial charge on any atom is -0.497 e. The number of likely N-dealkylation sites (tertiary alicyclic amines) is 1. The van der Waals surface area contributed by atoms with Crippen molar-refractivity contribution in [1.29, 1.82) is 0 Å². The number of hydrogen-bond donors (Lipinski definition) is 1. The van der Waals surface area contributed by atoms with Gasteiger partial charge in [-0.3, -0.25) is 9.52 Å². The van der Waals surface area contributed by atoms with Gasteiger partial charge in [0.1, 0.15) is 5.75 Å². The second-order valence-corrected chi connectivity index (χ2v) is 7.61. The van der Waals surface area contributed by atoms with Crippen LogP contribution in [0.2, 0.25) is 0 Å². The molecule has 0 aromatic heterocycles. The van der Waals surface area contributed by atoms with E-state index in [2.05, 4.69) is 4.72 Å². The predicted octanol–water partition coefficient (Wildman–Crippen LogP) is 2.65. The molecule has 2 aromatic rings. The van der Waals surface area contributed by atoms with Gasteiger partial charge in [0.15, 0.2) is 0 Å². The molecule has 1 aliphatic rings. The van der Waals surface area contributed by atoms with Crippen LogP contribution >= 0.6 is 0 Å². The molecule has 0 spiro atoms. The summed E-state index contributed by atoms with van der Waals surface area (Å²) in [6, 6.07) is 11.4. The van der Waals surface area contributed by atoms with E-state index < -0.39 is 10.0 Å². The van der Waals surface area contributed by atoms with E-state index in [1.54, 1.807) is 55.3 Å². The topological polar surface area (TPSA) is 75.7 Å². The third-order valence-electron chi connectivity index (χ3n) is 4.21. The molecule has 132 valence electrons. The quantitative estimate of drug-likeness (QED) is 0.889. The minimum absolute atomic E-state index is 0.106. The molecular formula is C18H20N2O4S. The first kappa shape index (κ1) is 17.3. The summed E-state index contributed by atoms with van der Waals surface area (Å²) in [7, 11) is -2.25. The average molecular weight is 360 g/mol. The van der Waals surface area contributed by atoms with Crippen molar-refractivity contribution in [3.8, 4) is 5.75 Å². The highest BCUT2D eigenvalue weighted by atomic mass is 32.2. The van der Waals surface area contributed by atoms with E-state index in [-0.39, 0.29) is 10.8 Å². The van der Waals surface area contributed by atoms with Gasteiger partial charge in [-0.25, -0.2) is 8.42 Å². The number of ether oxygens (including phenoxy) is 1. The van der Waals surface area contributed by atoms with E-state index in [1.807, 2.05) is 0 Å². The van der Waals surface area contributed by atoms with Crippen LogP contribution in [0.4, 0.5) is 5.69 Å². The fourth-order valence-corrected chi connectivity index (χ4v) is 3.92. The molecule has 0 radical (unpaired) electrons. The van der Waals surface area contributed by atoms with Crippen LogP contribution in [0.15, 0.2) is 47.4 Å². The molecular weight excluding hydrogens is 340 g/mol. The lowest BCUT2D eigenvalue weighted by Crippen LogP contribution is -2.42. The molecule has 0 bridgehead atoms. The van der Waals surface area contributed by atoms with E-state index in [4.69, 9.17) is 4.74 Å². The van der Waals surface area contributed by atoms with Gasteiger partial charge in [0.2, 0.25) is 0 Å². The molecule has 1 fully saturated rings. The van der Waals surface area contributed by atoms with Gasteiger partial charge in [0.05, 0.1) is 12.0 Å². The normalized spacial score (nSPS) is 13.9. The summed E-state index contributed by atoms with van der Waals surface area (Å²) in [6.45, 7) is 3.15.